The van der Waals surface area contributed by atoms with E-state index in [0.717, 1.165) is 16.9 Å². The fourth-order valence-electron chi connectivity index (χ4n) is 1.56. The first-order valence-electron chi connectivity index (χ1n) is 5.04. The Bertz CT molecular complexity index is 283. The molecule has 0 aromatic heterocycles. The van der Waals surface area contributed by atoms with Gasteiger partial charge in [-0.3, -0.25) is 0 Å². The van der Waals surface area contributed by atoms with Crippen LogP contribution in [0.4, 0.5) is 0 Å². The first-order chi connectivity index (χ1) is 6.59. The molecule has 14 heavy (non-hydrogen) atoms. The Labute approximate surface area is 91.6 Å². The second-order valence-electron chi connectivity index (χ2n) is 4.12. The minimum atomic E-state index is -0.247. The van der Waals surface area contributed by atoms with Gasteiger partial charge in [0.05, 0.1) is 6.10 Å². The van der Waals surface area contributed by atoms with E-state index in [1.807, 2.05) is 24.3 Å². The quantitative estimate of drug-likeness (QED) is 0.732. The molecule has 0 aliphatic carbocycles. The molecule has 1 aromatic rings. The van der Waals surface area contributed by atoms with E-state index in [1.54, 1.807) is 0 Å². The van der Waals surface area contributed by atoms with Crippen molar-refractivity contribution in [1.82, 2.24) is 0 Å². The summed E-state index contributed by atoms with van der Waals surface area (Å²) in [5.74, 6) is 0.539. The molecule has 1 unspecified atom stereocenters. The lowest BCUT2D eigenvalue weighted by Crippen LogP contribution is -2.13. The van der Waals surface area contributed by atoms with Crippen molar-refractivity contribution in [1.29, 1.82) is 0 Å². The standard InChI is InChI=1S/C12H18OS/c1-9(2)7-11(13)8-10-5-3-4-6-12(10)14/h3-6,9,11,13-14H,7-8H2,1-2H3. The minimum Gasteiger partial charge on any atom is -0.393 e. The van der Waals surface area contributed by atoms with Gasteiger partial charge in [-0.1, -0.05) is 32.0 Å². The molecule has 0 amide bonds. The molecule has 0 radical (unpaired) electrons. The van der Waals surface area contributed by atoms with E-state index in [2.05, 4.69) is 26.5 Å². The monoisotopic (exact) mass is 210 g/mol. The number of hydrogen-bond acceptors (Lipinski definition) is 2. The Morgan fingerprint density at radius 3 is 2.50 bits per heavy atom. The number of hydrogen-bond donors (Lipinski definition) is 2. The van der Waals surface area contributed by atoms with Gasteiger partial charge in [0.15, 0.2) is 0 Å². The van der Waals surface area contributed by atoms with Crippen LogP contribution in [0.3, 0.4) is 0 Å². The summed E-state index contributed by atoms with van der Waals surface area (Å²) in [5, 5.41) is 9.76. The predicted molar refractivity (Wildman–Crippen MR) is 62.9 cm³/mol. The summed E-state index contributed by atoms with van der Waals surface area (Å²) >= 11 is 4.35. The number of thiol groups is 1. The molecular formula is C12H18OS. The van der Waals surface area contributed by atoms with Gasteiger partial charge < -0.3 is 5.11 Å². The molecule has 1 atom stereocenters. The molecule has 1 aromatic carbocycles. The third-order valence-corrected chi connectivity index (χ3v) is 2.63. The Balaban J connectivity index is 2.56. The van der Waals surface area contributed by atoms with Crippen molar-refractivity contribution >= 4 is 12.6 Å². The van der Waals surface area contributed by atoms with Crippen LogP contribution >= 0.6 is 12.6 Å². The Morgan fingerprint density at radius 2 is 1.93 bits per heavy atom. The maximum atomic E-state index is 9.76. The zero-order valence-corrected chi connectivity index (χ0v) is 9.67. The van der Waals surface area contributed by atoms with Crippen LogP contribution in [0, 0.1) is 5.92 Å². The smallest absolute Gasteiger partial charge is 0.0583 e. The van der Waals surface area contributed by atoms with Gasteiger partial charge in [0.25, 0.3) is 0 Å². The minimum absolute atomic E-state index is 0.247. The fourth-order valence-corrected chi connectivity index (χ4v) is 1.82. The summed E-state index contributed by atoms with van der Waals surface area (Å²) in [6.45, 7) is 4.24. The van der Waals surface area contributed by atoms with E-state index < -0.39 is 0 Å². The number of aliphatic hydroxyl groups is 1. The van der Waals surface area contributed by atoms with E-state index in [9.17, 15) is 5.11 Å². The summed E-state index contributed by atoms with van der Waals surface area (Å²) in [7, 11) is 0. The van der Waals surface area contributed by atoms with Gasteiger partial charge >= 0.3 is 0 Å². The van der Waals surface area contributed by atoms with Crippen LogP contribution in [0.15, 0.2) is 29.2 Å². The fraction of sp³-hybridized carbons (Fsp3) is 0.500. The molecule has 0 fully saturated rings. The molecule has 0 aliphatic heterocycles. The van der Waals surface area contributed by atoms with Crippen molar-refractivity contribution in [3.05, 3.63) is 29.8 Å². The maximum Gasteiger partial charge on any atom is 0.0583 e. The van der Waals surface area contributed by atoms with Gasteiger partial charge in [0, 0.05) is 4.90 Å². The van der Waals surface area contributed by atoms with E-state index in [1.165, 1.54) is 0 Å². The third kappa shape index (κ3) is 3.72. The first-order valence-corrected chi connectivity index (χ1v) is 5.49. The van der Waals surface area contributed by atoms with Crippen LogP contribution in [0.25, 0.3) is 0 Å². The predicted octanol–water partition coefficient (Wildman–Crippen LogP) is 2.92. The number of benzene rings is 1. The van der Waals surface area contributed by atoms with Crippen LogP contribution in [-0.4, -0.2) is 11.2 Å². The zero-order chi connectivity index (χ0) is 10.6. The molecule has 0 spiro atoms. The van der Waals surface area contributed by atoms with E-state index in [-0.39, 0.29) is 6.10 Å². The summed E-state index contributed by atoms with van der Waals surface area (Å²) in [5.41, 5.74) is 1.13. The zero-order valence-electron chi connectivity index (χ0n) is 8.77. The summed E-state index contributed by atoms with van der Waals surface area (Å²) in [4.78, 5) is 0.968. The van der Waals surface area contributed by atoms with E-state index in [0.29, 0.717) is 12.3 Å². The van der Waals surface area contributed by atoms with Gasteiger partial charge in [0.2, 0.25) is 0 Å². The number of rotatable bonds is 4. The lowest BCUT2D eigenvalue weighted by molar-refractivity contribution is 0.148. The van der Waals surface area contributed by atoms with Gasteiger partial charge in [-0.15, -0.1) is 12.6 Å². The van der Waals surface area contributed by atoms with Gasteiger partial charge in [0.1, 0.15) is 0 Å². The van der Waals surface area contributed by atoms with Crippen LogP contribution in [0.5, 0.6) is 0 Å². The molecular weight excluding hydrogens is 192 g/mol. The second kappa shape index (κ2) is 5.42. The lowest BCUT2D eigenvalue weighted by atomic mass is 10.00. The van der Waals surface area contributed by atoms with Crippen LogP contribution in [0.1, 0.15) is 25.8 Å². The highest BCUT2D eigenvalue weighted by Gasteiger charge is 2.09. The molecule has 0 heterocycles. The first kappa shape index (κ1) is 11.6. The summed E-state index contributed by atoms with van der Waals surface area (Å²) in [6, 6.07) is 7.92. The Kier molecular flexibility index (Phi) is 4.49. The molecule has 1 N–H and O–H groups in total. The summed E-state index contributed by atoms with van der Waals surface area (Å²) in [6.07, 6.45) is 1.31. The van der Waals surface area contributed by atoms with Crippen LogP contribution < -0.4 is 0 Å². The van der Waals surface area contributed by atoms with E-state index >= 15 is 0 Å². The van der Waals surface area contributed by atoms with Crippen molar-refractivity contribution in [3.8, 4) is 0 Å². The SMILES string of the molecule is CC(C)CC(O)Cc1ccccc1S. The highest BCUT2D eigenvalue weighted by molar-refractivity contribution is 7.80. The Hall–Kier alpha value is -0.470. The highest BCUT2D eigenvalue weighted by Crippen LogP contribution is 2.17. The van der Waals surface area contributed by atoms with Crippen LogP contribution in [-0.2, 0) is 6.42 Å². The molecule has 1 rings (SSSR count). The second-order valence-corrected chi connectivity index (χ2v) is 4.60. The molecule has 2 heteroatoms. The molecule has 0 aliphatic rings. The van der Waals surface area contributed by atoms with Crippen molar-refractivity contribution < 1.29 is 5.11 Å². The average molecular weight is 210 g/mol. The van der Waals surface area contributed by atoms with E-state index in [4.69, 9.17) is 0 Å². The van der Waals surface area contributed by atoms with Gasteiger partial charge in [-0.05, 0) is 30.4 Å². The van der Waals surface area contributed by atoms with Crippen molar-refractivity contribution in [2.45, 2.75) is 37.7 Å². The third-order valence-electron chi connectivity index (χ3n) is 2.19. The van der Waals surface area contributed by atoms with Gasteiger partial charge in [-0.25, -0.2) is 0 Å². The summed E-state index contributed by atoms with van der Waals surface area (Å²) < 4.78 is 0. The average Bonchev–Trinajstić information content (AvgIpc) is 2.07. The maximum absolute atomic E-state index is 9.76. The normalized spacial score (nSPS) is 13.2. The van der Waals surface area contributed by atoms with Gasteiger partial charge in [-0.2, -0.15) is 0 Å². The molecule has 0 saturated carbocycles. The van der Waals surface area contributed by atoms with Crippen molar-refractivity contribution in [2.24, 2.45) is 5.92 Å². The molecule has 1 nitrogen and oxygen atoms in total. The molecule has 0 saturated heterocycles. The largest absolute Gasteiger partial charge is 0.393 e. The highest BCUT2D eigenvalue weighted by atomic mass is 32.1. The molecule has 0 bridgehead atoms. The van der Waals surface area contributed by atoms with Crippen LogP contribution in [0.2, 0.25) is 0 Å². The lowest BCUT2D eigenvalue weighted by Gasteiger charge is -2.13. The van der Waals surface area contributed by atoms with Crippen molar-refractivity contribution in [2.75, 3.05) is 0 Å². The Morgan fingerprint density at radius 1 is 1.29 bits per heavy atom. The van der Waals surface area contributed by atoms with Crippen molar-refractivity contribution in [3.63, 3.8) is 0 Å². The topological polar surface area (TPSA) is 20.2 Å². The number of aliphatic hydroxyl groups excluding tert-OH is 1. The molecule has 78 valence electrons.